The number of nitro groups is 1. The minimum atomic E-state index is -0.467. The summed E-state index contributed by atoms with van der Waals surface area (Å²) in [5.41, 5.74) is 2.73. The summed E-state index contributed by atoms with van der Waals surface area (Å²) in [5.74, 6) is -0.427. The molecule has 1 saturated heterocycles. The van der Waals surface area contributed by atoms with E-state index in [1.165, 1.54) is 30.8 Å². The normalized spacial score (nSPS) is 16.6. The molecule has 9 heteroatoms. The number of allylic oxidation sites excluding steroid dienone is 1. The summed E-state index contributed by atoms with van der Waals surface area (Å²) < 4.78 is 0. The molecule has 2 N–H and O–H groups in total. The number of hydrogen-bond acceptors (Lipinski definition) is 6. The molecule has 0 bridgehead atoms. The van der Waals surface area contributed by atoms with Crippen LogP contribution >= 0.6 is 11.8 Å². The standard InChI is InChI=1S/C19H16N4O4S/c1-11(13-3-9-16(10-4-13)23(26)27)17-18(25)22-19(28-17)21-15-7-5-14(6-8-15)20-12(2)24/h3-10H,1-2H3,(H,20,24)(H,21,22,25)/b17-11-. The van der Waals surface area contributed by atoms with Crippen LogP contribution in [0.4, 0.5) is 17.1 Å². The number of carbonyl (C=O) groups is 2. The van der Waals surface area contributed by atoms with Gasteiger partial charge < -0.3 is 10.6 Å². The van der Waals surface area contributed by atoms with E-state index >= 15 is 0 Å². The monoisotopic (exact) mass is 396 g/mol. The smallest absolute Gasteiger partial charge is 0.269 e. The third kappa shape index (κ3) is 4.44. The van der Waals surface area contributed by atoms with E-state index in [1.807, 2.05) is 0 Å². The van der Waals surface area contributed by atoms with Gasteiger partial charge in [-0.05, 0) is 66.2 Å². The molecular weight excluding hydrogens is 380 g/mol. The second-order valence-electron chi connectivity index (χ2n) is 5.96. The second kappa shape index (κ2) is 8.05. The van der Waals surface area contributed by atoms with Crippen molar-refractivity contribution in [3.8, 4) is 0 Å². The van der Waals surface area contributed by atoms with Crippen molar-refractivity contribution in [1.29, 1.82) is 0 Å². The lowest BCUT2D eigenvalue weighted by atomic mass is 10.1. The summed E-state index contributed by atoms with van der Waals surface area (Å²) in [4.78, 5) is 38.6. The third-order valence-corrected chi connectivity index (χ3v) is 4.98. The number of amides is 2. The quantitative estimate of drug-likeness (QED) is 0.463. The van der Waals surface area contributed by atoms with Crippen molar-refractivity contribution < 1.29 is 14.5 Å². The van der Waals surface area contributed by atoms with Gasteiger partial charge in [-0.3, -0.25) is 19.7 Å². The summed E-state index contributed by atoms with van der Waals surface area (Å²) in [6.07, 6.45) is 0. The second-order valence-corrected chi connectivity index (χ2v) is 6.96. The Morgan fingerprint density at radius 2 is 1.75 bits per heavy atom. The lowest BCUT2D eigenvalue weighted by Gasteiger charge is -2.03. The molecule has 2 amide bonds. The van der Waals surface area contributed by atoms with Crippen molar-refractivity contribution in [1.82, 2.24) is 5.32 Å². The highest BCUT2D eigenvalue weighted by Gasteiger charge is 2.26. The highest BCUT2D eigenvalue weighted by molar-refractivity contribution is 8.18. The van der Waals surface area contributed by atoms with Gasteiger partial charge in [-0.15, -0.1) is 0 Å². The van der Waals surface area contributed by atoms with Gasteiger partial charge in [0.1, 0.15) is 0 Å². The topological polar surface area (TPSA) is 114 Å². The van der Waals surface area contributed by atoms with Gasteiger partial charge in [-0.25, -0.2) is 4.99 Å². The predicted molar refractivity (Wildman–Crippen MR) is 109 cm³/mol. The van der Waals surface area contributed by atoms with E-state index in [-0.39, 0.29) is 17.5 Å². The summed E-state index contributed by atoms with van der Waals surface area (Å²) in [5, 5.41) is 16.6. The zero-order valence-corrected chi connectivity index (χ0v) is 15.9. The summed E-state index contributed by atoms with van der Waals surface area (Å²) in [7, 11) is 0. The van der Waals surface area contributed by atoms with Crippen LogP contribution in [0, 0.1) is 10.1 Å². The first kappa shape index (κ1) is 19.3. The number of nitrogens with zero attached hydrogens (tertiary/aromatic N) is 2. The molecule has 0 spiro atoms. The molecular formula is C19H16N4O4S. The Balaban J connectivity index is 1.80. The first-order valence-corrected chi connectivity index (χ1v) is 9.06. The van der Waals surface area contributed by atoms with E-state index in [2.05, 4.69) is 15.6 Å². The van der Waals surface area contributed by atoms with Gasteiger partial charge in [-0.1, -0.05) is 0 Å². The van der Waals surface area contributed by atoms with Crippen LogP contribution in [0.25, 0.3) is 5.57 Å². The first-order chi connectivity index (χ1) is 13.3. The number of hydrogen-bond donors (Lipinski definition) is 2. The van der Waals surface area contributed by atoms with Gasteiger partial charge >= 0.3 is 0 Å². The molecule has 2 aromatic rings. The number of nitro benzene ring substituents is 1. The van der Waals surface area contributed by atoms with Crippen LogP contribution in [0.3, 0.4) is 0 Å². The van der Waals surface area contributed by atoms with Crippen LogP contribution in [-0.2, 0) is 9.59 Å². The molecule has 1 aliphatic heterocycles. The van der Waals surface area contributed by atoms with E-state index in [0.29, 0.717) is 27.0 Å². The molecule has 0 saturated carbocycles. The minimum absolute atomic E-state index is 0.00459. The van der Waals surface area contributed by atoms with Gasteiger partial charge in [0.05, 0.1) is 15.5 Å². The maximum Gasteiger partial charge on any atom is 0.269 e. The molecule has 1 heterocycles. The van der Waals surface area contributed by atoms with Gasteiger partial charge in [0.2, 0.25) is 5.91 Å². The van der Waals surface area contributed by atoms with E-state index in [1.54, 1.807) is 43.3 Å². The van der Waals surface area contributed by atoms with E-state index in [0.717, 1.165) is 5.56 Å². The maximum atomic E-state index is 12.3. The molecule has 28 heavy (non-hydrogen) atoms. The summed E-state index contributed by atoms with van der Waals surface area (Å²) in [6.45, 7) is 3.22. The molecule has 142 valence electrons. The number of non-ortho nitro benzene ring substituents is 1. The summed E-state index contributed by atoms with van der Waals surface area (Å²) in [6, 6.07) is 13.0. The number of thioether (sulfide) groups is 1. The van der Waals surface area contributed by atoms with Crippen molar-refractivity contribution in [2.45, 2.75) is 13.8 Å². The fraction of sp³-hybridized carbons (Fsp3) is 0.105. The van der Waals surface area contributed by atoms with Crippen molar-refractivity contribution in [3.05, 3.63) is 69.1 Å². The van der Waals surface area contributed by atoms with Crippen LogP contribution in [0.5, 0.6) is 0 Å². The van der Waals surface area contributed by atoms with E-state index in [9.17, 15) is 19.7 Å². The Hall–Kier alpha value is -3.46. The van der Waals surface area contributed by atoms with Crippen LogP contribution < -0.4 is 10.6 Å². The Morgan fingerprint density at radius 3 is 2.32 bits per heavy atom. The molecule has 0 unspecified atom stereocenters. The number of anilines is 1. The number of carbonyl (C=O) groups excluding carboxylic acids is 2. The zero-order chi connectivity index (χ0) is 20.3. The number of aliphatic imine (C=N–C) groups is 1. The molecule has 1 fully saturated rings. The Morgan fingerprint density at radius 1 is 1.11 bits per heavy atom. The first-order valence-electron chi connectivity index (χ1n) is 8.25. The lowest BCUT2D eigenvalue weighted by Crippen LogP contribution is -2.19. The zero-order valence-electron chi connectivity index (χ0n) is 15.1. The van der Waals surface area contributed by atoms with E-state index < -0.39 is 4.92 Å². The lowest BCUT2D eigenvalue weighted by molar-refractivity contribution is -0.384. The average Bonchev–Trinajstić information content (AvgIpc) is 3.02. The highest BCUT2D eigenvalue weighted by Crippen LogP contribution is 2.33. The van der Waals surface area contributed by atoms with Gasteiger partial charge in [0.15, 0.2) is 5.17 Å². The number of amidine groups is 1. The third-order valence-electron chi connectivity index (χ3n) is 3.90. The summed E-state index contributed by atoms with van der Waals surface area (Å²) >= 11 is 1.21. The fourth-order valence-corrected chi connectivity index (χ4v) is 3.43. The van der Waals surface area contributed by atoms with Crippen molar-refractivity contribution >= 4 is 51.4 Å². The largest absolute Gasteiger partial charge is 0.326 e. The Labute approximate surface area is 164 Å². The van der Waals surface area contributed by atoms with Gasteiger partial charge in [0.25, 0.3) is 11.6 Å². The molecule has 2 aromatic carbocycles. The molecule has 1 aliphatic rings. The van der Waals surface area contributed by atoms with Crippen LogP contribution in [-0.4, -0.2) is 21.9 Å². The van der Waals surface area contributed by atoms with E-state index in [4.69, 9.17) is 0 Å². The molecule has 0 aromatic heterocycles. The number of rotatable bonds is 4. The van der Waals surface area contributed by atoms with Gasteiger partial charge in [0, 0.05) is 24.7 Å². The number of nitrogens with one attached hydrogen (secondary N) is 2. The van der Waals surface area contributed by atoms with Crippen LogP contribution in [0.15, 0.2) is 58.4 Å². The van der Waals surface area contributed by atoms with Crippen LogP contribution in [0.2, 0.25) is 0 Å². The van der Waals surface area contributed by atoms with Gasteiger partial charge in [-0.2, -0.15) is 0 Å². The highest BCUT2D eigenvalue weighted by atomic mass is 32.2. The van der Waals surface area contributed by atoms with Crippen molar-refractivity contribution in [2.24, 2.45) is 4.99 Å². The SMILES string of the molecule is CC(=O)Nc1ccc(N=C2NC(=O)/C(=C(\C)c3ccc([N+](=O)[O-])cc3)S2)cc1. The predicted octanol–water partition coefficient (Wildman–Crippen LogP) is 3.83. The maximum absolute atomic E-state index is 12.3. The van der Waals surface area contributed by atoms with Crippen molar-refractivity contribution in [2.75, 3.05) is 5.32 Å². The fourth-order valence-electron chi connectivity index (χ4n) is 2.52. The minimum Gasteiger partial charge on any atom is -0.326 e. The molecule has 0 atom stereocenters. The Bertz CT molecular complexity index is 1010. The molecule has 0 radical (unpaired) electrons. The molecule has 0 aliphatic carbocycles. The number of benzene rings is 2. The average molecular weight is 396 g/mol. The van der Waals surface area contributed by atoms with Crippen LogP contribution in [0.1, 0.15) is 19.4 Å². The Kier molecular flexibility index (Phi) is 5.55. The van der Waals surface area contributed by atoms with Crippen molar-refractivity contribution in [3.63, 3.8) is 0 Å². The molecule has 3 rings (SSSR count). The molecule has 8 nitrogen and oxygen atoms in total.